The first kappa shape index (κ1) is 11.4. The van der Waals surface area contributed by atoms with Gasteiger partial charge in [0, 0.05) is 23.4 Å². The van der Waals surface area contributed by atoms with Crippen LogP contribution in [-0.4, -0.2) is 9.97 Å². The van der Waals surface area contributed by atoms with Crippen LogP contribution in [0.2, 0.25) is 0 Å². The fourth-order valence-electron chi connectivity index (χ4n) is 2.48. The Balaban J connectivity index is 1.90. The minimum absolute atomic E-state index is 0.640. The van der Waals surface area contributed by atoms with Crippen LogP contribution < -0.4 is 0 Å². The molecule has 0 atom stereocenters. The van der Waals surface area contributed by atoms with Crippen LogP contribution in [0.4, 0.5) is 0 Å². The van der Waals surface area contributed by atoms with Crippen molar-refractivity contribution in [2.75, 3.05) is 0 Å². The van der Waals surface area contributed by atoms with Gasteiger partial charge in [-0.25, -0.2) is 4.98 Å². The highest BCUT2D eigenvalue weighted by Gasteiger charge is 2.26. The van der Waals surface area contributed by atoms with Gasteiger partial charge in [0.15, 0.2) is 12.2 Å². The molecular weight excluding hydrogens is 248 g/mol. The van der Waals surface area contributed by atoms with Crippen molar-refractivity contribution >= 4 is 0 Å². The van der Waals surface area contributed by atoms with E-state index in [1.807, 2.05) is 12.3 Å². The van der Waals surface area contributed by atoms with Gasteiger partial charge in [0.1, 0.15) is 0 Å². The highest BCUT2D eigenvalue weighted by molar-refractivity contribution is 5.80. The molecule has 3 nitrogen and oxygen atoms in total. The molecule has 2 aromatic heterocycles. The van der Waals surface area contributed by atoms with Crippen LogP contribution in [0.5, 0.6) is 0 Å². The Hall–Kier alpha value is -2.42. The SMILES string of the molecule is c1ccc(-c2cc(C3CC3)ncc2-c2cnco2)cc1. The molecule has 1 aliphatic carbocycles. The maximum Gasteiger partial charge on any atom is 0.181 e. The molecule has 3 heteroatoms. The van der Waals surface area contributed by atoms with Crippen molar-refractivity contribution in [2.45, 2.75) is 18.8 Å². The number of pyridine rings is 1. The first-order valence-electron chi connectivity index (χ1n) is 6.86. The van der Waals surface area contributed by atoms with E-state index in [0.29, 0.717) is 5.92 Å². The summed E-state index contributed by atoms with van der Waals surface area (Å²) in [6.07, 6.45) is 7.61. The Morgan fingerprint density at radius 2 is 1.85 bits per heavy atom. The van der Waals surface area contributed by atoms with Crippen LogP contribution in [0.15, 0.2) is 59.6 Å². The van der Waals surface area contributed by atoms with E-state index in [9.17, 15) is 0 Å². The number of hydrogen-bond acceptors (Lipinski definition) is 3. The van der Waals surface area contributed by atoms with Crippen molar-refractivity contribution < 1.29 is 4.42 Å². The summed E-state index contributed by atoms with van der Waals surface area (Å²) in [5.74, 6) is 1.40. The van der Waals surface area contributed by atoms with Crippen molar-refractivity contribution in [3.05, 3.63) is 60.9 Å². The zero-order valence-corrected chi connectivity index (χ0v) is 11.0. The van der Waals surface area contributed by atoms with E-state index in [0.717, 1.165) is 11.3 Å². The molecule has 1 saturated carbocycles. The smallest absolute Gasteiger partial charge is 0.181 e. The van der Waals surface area contributed by atoms with Gasteiger partial charge in [-0.05, 0) is 30.0 Å². The maximum atomic E-state index is 5.45. The minimum Gasteiger partial charge on any atom is -0.443 e. The van der Waals surface area contributed by atoms with Crippen LogP contribution in [0.3, 0.4) is 0 Å². The molecular formula is C17H14N2O. The van der Waals surface area contributed by atoms with Gasteiger partial charge < -0.3 is 4.42 Å². The number of aromatic nitrogens is 2. The highest BCUT2D eigenvalue weighted by Crippen LogP contribution is 2.41. The van der Waals surface area contributed by atoms with E-state index in [-0.39, 0.29) is 0 Å². The summed E-state index contributed by atoms with van der Waals surface area (Å²) in [5.41, 5.74) is 4.53. The number of oxazole rings is 1. The molecule has 1 fully saturated rings. The van der Waals surface area contributed by atoms with Crippen molar-refractivity contribution in [1.29, 1.82) is 0 Å². The number of hydrogen-bond donors (Lipinski definition) is 0. The van der Waals surface area contributed by atoms with Crippen LogP contribution in [0, 0.1) is 0 Å². The van der Waals surface area contributed by atoms with Crippen LogP contribution >= 0.6 is 0 Å². The first-order valence-corrected chi connectivity index (χ1v) is 6.86. The molecule has 0 saturated heterocycles. The summed E-state index contributed by atoms with van der Waals surface area (Å²) in [6.45, 7) is 0. The molecule has 0 amide bonds. The molecule has 20 heavy (non-hydrogen) atoms. The van der Waals surface area contributed by atoms with E-state index in [2.05, 4.69) is 40.3 Å². The summed E-state index contributed by atoms with van der Waals surface area (Å²) in [6, 6.07) is 12.6. The molecule has 3 aromatic rings. The lowest BCUT2D eigenvalue weighted by Gasteiger charge is -2.09. The zero-order chi connectivity index (χ0) is 13.4. The van der Waals surface area contributed by atoms with Gasteiger partial charge in [-0.1, -0.05) is 30.3 Å². The number of rotatable bonds is 3. The van der Waals surface area contributed by atoms with E-state index in [4.69, 9.17) is 4.42 Å². The average molecular weight is 262 g/mol. The summed E-state index contributed by atoms with van der Waals surface area (Å²) in [4.78, 5) is 8.60. The fourth-order valence-corrected chi connectivity index (χ4v) is 2.48. The second kappa shape index (κ2) is 4.60. The third-order valence-corrected chi connectivity index (χ3v) is 3.70. The second-order valence-corrected chi connectivity index (χ2v) is 5.16. The summed E-state index contributed by atoms with van der Waals surface area (Å²) >= 11 is 0. The minimum atomic E-state index is 0.640. The summed E-state index contributed by atoms with van der Waals surface area (Å²) in [5, 5.41) is 0. The van der Waals surface area contributed by atoms with Crippen LogP contribution in [0.1, 0.15) is 24.5 Å². The Bertz CT molecular complexity index is 716. The van der Waals surface area contributed by atoms with Crippen molar-refractivity contribution in [3.63, 3.8) is 0 Å². The lowest BCUT2D eigenvalue weighted by molar-refractivity contribution is 0.572. The maximum absolute atomic E-state index is 5.45. The normalized spacial score (nSPS) is 14.4. The van der Waals surface area contributed by atoms with Gasteiger partial charge in [-0.3, -0.25) is 4.98 Å². The fraction of sp³-hybridized carbons (Fsp3) is 0.176. The molecule has 0 unspecified atom stereocenters. The number of nitrogens with zero attached hydrogens (tertiary/aromatic N) is 2. The molecule has 0 radical (unpaired) electrons. The van der Waals surface area contributed by atoms with Crippen LogP contribution in [0.25, 0.3) is 22.5 Å². The largest absolute Gasteiger partial charge is 0.443 e. The third kappa shape index (κ3) is 2.01. The molecule has 0 aliphatic heterocycles. The molecule has 0 N–H and O–H groups in total. The van der Waals surface area contributed by atoms with E-state index >= 15 is 0 Å². The number of benzene rings is 1. The predicted molar refractivity (Wildman–Crippen MR) is 77.1 cm³/mol. The van der Waals surface area contributed by atoms with Gasteiger partial charge >= 0.3 is 0 Å². The summed E-state index contributed by atoms with van der Waals surface area (Å²) < 4.78 is 5.45. The summed E-state index contributed by atoms with van der Waals surface area (Å²) in [7, 11) is 0. The van der Waals surface area contributed by atoms with E-state index in [1.165, 1.54) is 36.1 Å². The van der Waals surface area contributed by atoms with Gasteiger partial charge in [-0.2, -0.15) is 0 Å². The van der Waals surface area contributed by atoms with Gasteiger partial charge in [0.25, 0.3) is 0 Å². The van der Waals surface area contributed by atoms with E-state index in [1.54, 1.807) is 6.20 Å². The Labute approximate surface area is 117 Å². The monoisotopic (exact) mass is 262 g/mol. The lowest BCUT2D eigenvalue weighted by atomic mass is 9.98. The topological polar surface area (TPSA) is 38.9 Å². The van der Waals surface area contributed by atoms with Crippen molar-refractivity contribution in [1.82, 2.24) is 9.97 Å². The van der Waals surface area contributed by atoms with Crippen LogP contribution in [-0.2, 0) is 0 Å². The predicted octanol–water partition coefficient (Wildman–Crippen LogP) is 4.28. The average Bonchev–Trinajstić information content (AvgIpc) is 3.23. The van der Waals surface area contributed by atoms with Gasteiger partial charge in [0.05, 0.1) is 6.20 Å². The van der Waals surface area contributed by atoms with Gasteiger partial charge in [0.2, 0.25) is 0 Å². The van der Waals surface area contributed by atoms with Crippen molar-refractivity contribution in [2.24, 2.45) is 0 Å². The molecule has 2 heterocycles. The van der Waals surface area contributed by atoms with Crippen molar-refractivity contribution in [3.8, 4) is 22.5 Å². The van der Waals surface area contributed by atoms with E-state index < -0.39 is 0 Å². The third-order valence-electron chi connectivity index (χ3n) is 3.70. The molecule has 98 valence electrons. The molecule has 0 bridgehead atoms. The quantitative estimate of drug-likeness (QED) is 0.707. The lowest BCUT2D eigenvalue weighted by Crippen LogP contribution is -1.91. The molecule has 1 aliphatic rings. The highest BCUT2D eigenvalue weighted by atomic mass is 16.3. The first-order chi connectivity index (χ1) is 9.92. The standard InChI is InChI=1S/C17H14N2O/c1-2-4-12(5-3-1)14-8-16(13-6-7-13)19-9-15(14)17-10-18-11-20-17/h1-5,8-11,13H,6-7H2. The second-order valence-electron chi connectivity index (χ2n) is 5.16. The zero-order valence-electron chi connectivity index (χ0n) is 11.0. The molecule has 0 spiro atoms. The Morgan fingerprint density at radius 1 is 1.00 bits per heavy atom. The molecule has 1 aromatic carbocycles. The Kier molecular flexibility index (Phi) is 2.62. The molecule has 4 rings (SSSR count). The Morgan fingerprint density at radius 3 is 2.55 bits per heavy atom. The van der Waals surface area contributed by atoms with Gasteiger partial charge in [-0.15, -0.1) is 0 Å².